The average molecular weight is 425 g/mol. The maximum absolute atomic E-state index is 13.3. The molecule has 1 fully saturated rings. The second kappa shape index (κ2) is 8.04. The van der Waals surface area contributed by atoms with E-state index in [2.05, 4.69) is 10.4 Å². The van der Waals surface area contributed by atoms with E-state index in [9.17, 15) is 13.2 Å². The lowest BCUT2D eigenvalue weighted by molar-refractivity contribution is -0.114. The number of sulfonamides is 1. The van der Waals surface area contributed by atoms with Crippen LogP contribution >= 0.6 is 0 Å². The predicted molar refractivity (Wildman–Crippen MR) is 115 cm³/mol. The van der Waals surface area contributed by atoms with Gasteiger partial charge in [-0.2, -0.15) is 9.40 Å². The van der Waals surface area contributed by atoms with Crippen molar-refractivity contribution in [1.29, 1.82) is 0 Å². The van der Waals surface area contributed by atoms with Crippen LogP contribution in [0, 0.1) is 0 Å². The molecular formula is C22H24N4O3S. The number of amides is 1. The van der Waals surface area contributed by atoms with Gasteiger partial charge in [-0.1, -0.05) is 24.3 Å². The number of anilines is 1. The van der Waals surface area contributed by atoms with Crippen LogP contribution in [-0.4, -0.2) is 34.5 Å². The van der Waals surface area contributed by atoms with E-state index in [-0.39, 0.29) is 16.8 Å². The number of hydrogen-bond acceptors (Lipinski definition) is 4. The fraction of sp³-hybridized carbons (Fsp3) is 0.273. The minimum absolute atomic E-state index is 0.0520. The number of aryl methyl sites for hydroxylation is 1. The van der Waals surface area contributed by atoms with Gasteiger partial charge < -0.3 is 5.32 Å². The van der Waals surface area contributed by atoms with Crippen molar-refractivity contribution in [2.75, 3.05) is 5.32 Å². The van der Waals surface area contributed by atoms with Gasteiger partial charge >= 0.3 is 0 Å². The van der Waals surface area contributed by atoms with Crippen LogP contribution in [0.1, 0.15) is 25.3 Å². The monoisotopic (exact) mass is 424 g/mol. The molecule has 0 unspecified atom stereocenters. The van der Waals surface area contributed by atoms with E-state index in [1.165, 1.54) is 6.92 Å². The number of nitrogens with one attached hydrogen (secondary N) is 1. The molecule has 0 radical (unpaired) electrons. The van der Waals surface area contributed by atoms with Crippen LogP contribution in [0.4, 0.5) is 5.69 Å². The molecule has 0 aliphatic heterocycles. The van der Waals surface area contributed by atoms with Crippen molar-refractivity contribution in [1.82, 2.24) is 14.1 Å². The molecule has 1 aliphatic carbocycles. The topological polar surface area (TPSA) is 84.3 Å². The minimum Gasteiger partial charge on any atom is -0.326 e. The van der Waals surface area contributed by atoms with Crippen molar-refractivity contribution < 1.29 is 13.2 Å². The summed E-state index contributed by atoms with van der Waals surface area (Å²) in [5.74, 6) is -0.121. The average Bonchev–Trinajstić information content (AvgIpc) is 3.47. The Kier molecular flexibility index (Phi) is 5.44. The second-order valence-corrected chi connectivity index (χ2v) is 9.48. The summed E-state index contributed by atoms with van der Waals surface area (Å²) >= 11 is 0. The number of carbonyl (C=O) groups excluding carboxylic acids is 1. The third kappa shape index (κ3) is 4.44. The van der Waals surface area contributed by atoms with Gasteiger partial charge in [0.2, 0.25) is 15.9 Å². The van der Waals surface area contributed by atoms with Gasteiger partial charge in [0.1, 0.15) is 0 Å². The SMILES string of the molecule is CC(=O)Nc1ccc(-c2ccc(S(=O)(=O)N(Cc3cnn(C)c3)C3CC3)cc2)cc1. The Morgan fingerprint density at radius 2 is 1.70 bits per heavy atom. The van der Waals surface area contributed by atoms with Gasteiger partial charge in [-0.25, -0.2) is 8.42 Å². The molecule has 1 N–H and O–H groups in total. The number of benzene rings is 2. The fourth-order valence-corrected chi connectivity index (χ4v) is 5.08. The van der Waals surface area contributed by atoms with Gasteiger partial charge in [-0.3, -0.25) is 9.48 Å². The number of carbonyl (C=O) groups is 1. The van der Waals surface area contributed by atoms with Crippen molar-refractivity contribution >= 4 is 21.6 Å². The van der Waals surface area contributed by atoms with Crippen molar-refractivity contribution in [3.8, 4) is 11.1 Å². The van der Waals surface area contributed by atoms with E-state index in [1.54, 1.807) is 27.3 Å². The van der Waals surface area contributed by atoms with E-state index in [0.29, 0.717) is 6.54 Å². The van der Waals surface area contributed by atoms with Crippen molar-refractivity contribution in [2.24, 2.45) is 7.05 Å². The Morgan fingerprint density at radius 3 is 2.20 bits per heavy atom. The Labute approximate surface area is 176 Å². The molecule has 1 heterocycles. The van der Waals surface area contributed by atoms with Gasteiger partial charge in [-0.05, 0) is 48.2 Å². The Morgan fingerprint density at radius 1 is 1.10 bits per heavy atom. The van der Waals surface area contributed by atoms with Crippen molar-refractivity contribution in [2.45, 2.75) is 37.2 Å². The zero-order valence-corrected chi connectivity index (χ0v) is 17.8. The van der Waals surface area contributed by atoms with Crippen LogP contribution in [0.3, 0.4) is 0 Å². The smallest absolute Gasteiger partial charge is 0.243 e. The van der Waals surface area contributed by atoms with Crippen LogP contribution in [0.2, 0.25) is 0 Å². The molecule has 0 bridgehead atoms. The molecule has 0 saturated heterocycles. The summed E-state index contributed by atoms with van der Waals surface area (Å²) in [5.41, 5.74) is 3.46. The molecule has 156 valence electrons. The van der Waals surface area contributed by atoms with Gasteiger partial charge in [0.25, 0.3) is 0 Å². The van der Waals surface area contributed by atoms with E-state index in [1.807, 2.05) is 49.6 Å². The predicted octanol–water partition coefficient (Wildman–Crippen LogP) is 3.40. The summed E-state index contributed by atoms with van der Waals surface area (Å²) in [7, 11) is -1.78. The van der Waals surface area contributed by atoms with E-state index in [0.717, 1.165) is 35.2 Å². The lowest BCUT2D eigenvalue weighted by Gasteiger charge is -2.21. The molecule has 0 atom stereocenters. The summed E-state index contributed by atoms with van der Waals surface area (Å²) in [6.45, 7) is 1.79. The van der Waals surface area contributed by atoms with Crippen molar-refractivity contribution in [3.63, 3.8) is 0 Å². The molecule has 2 aromatic carbocycles. The maximum atomic E-state index is 13.3. The molecule has 3 aromatic rings. The van der Waals surface area contributed by atoms with Crippen molar-refractivity contribution in [3.05, 3.63) is 66.5 Å². The molecule has 1 aliphatic rings. The maximum Gasteiger partial charge on any atom is 0.243 e. The molecule has 0 spiro atoms. The zero-order valence-electron chi connectivity index (χ0n) is 16.9. The lowest BCUT2D eigenvalue weighted by Crippen LogP contribution is -2.32. The Balaban J connectivity index is 1.55. The van der Waals surface area contributed by atoms with Crippen LogP contribution in [0.15, 0.2) is 65.8 Å². The highest BCUT2D eigenvalue weighted by Crippen LogP contribution is 2.34. The lowest BCUT2D eigenvalue weighted by atomic mass is 10.1. The van der Waals surface area contributed by atoms with Crippen LogP contribution in [0.5, 0.6) is 0 Å². The highest BCUT2D eigenvalue weighted by Gasteiger charge is 2.38. The highest BCUT2D eigenvalue weighted by atomic mass is 32.2. The summed E-state index contributed by atoms with van der Waals surface area (Å²) in [5, 5.41) is 6.88. The molecular weight excluding hydrogens is 400 g/mol. The number of nitrogens with zero attached hydrogens (tertiary/aromatic N) is 3. The Hall–Kier alpha value is -2.97. The van der Waals surface area contributed by atoms with E-state index >= 15 is 0 Å². The van der Waals surface area contributed by atoms with Crippen LogP contribution < -0.4 is 5.32 Å². The second-order valence-electron chi connectivity index (χ2n) is 7.59. The standard InChI is InChI=1S/C22H24N4O3S/c1-16(27)24-20-7-3-18(4-8-20)19-5-11-22(12-6-19)30(28,29)26(21-9-10-21)15-17-13-23-25(2)14-17/h3-8,11-14,21H,9-10,15H2,1-2H3,(H,24,27). The summed E-state index contributed by atoms with van der Waals surface area (Å²) < 4.78 is 29.8. The quantitative estimate of drug-likeness (QED) is 0.630. The number of rotatable bonds is 7. The first-order chi connectivity index (χ1) is 14.3. The molecule has 8 heteroatoms. The first-order valence-electron chi connectivity index (χ1n) is 9.80. The summed E-state index contributed by atoms with van der Waals surface area (Å²) in [6.07, 6.45) is 5.33. The van der Waals surface area contributed by atoms with Gasteiger partial charge in [-0.15, -0.1) is 0 Å². The fourth-order valence-electron chi connectivity index (χ4n) is 3.41. The third-order valence-corrected chi connectivity index (χ3v) is 6.96. The highest BCUT2D eigenvalue weighted by molar-refractivity contribution is 7.89. The third-order valence-electron chi connectivity index (χ3n) is 5.05. The summed E-state index contributed by atoms with van der Waals surface area (Å²) in [4.78, 5) is 11.4. The van der Waals surface area contributed by atoms with Gasteiger partial charge in [0.05, 0.1) is 11.1 Å². The van der Waals surface area contributed by atoms with Crippen LogP contribution in [0.25, 0.3) is 11.1 Å². The first-order valence-corrected chi connectivity index (χ1v) is 11.2. The normalized spacial score (nSPS) is 14.1. The molecule has 7 nitrogen and oxygen atoms in total. The number of aromatic nitrogens is 2. The van der Waals surface area contributed by atoms with Crippen LogP contribution in [-0.2, 0) is 28.4 Å². The van der Waals surface area contributed by atoms with E-state index in [4.69, 9.17) is 0 Å². The largest absolute Gasteiger partial charge is 0.326 e. The molecule has 30 heavy (non-hydrogen) atoms. The number of hydrogen-bond donors (Lipinski definition) is 1. The molecule has 1 amide bonds. The van der Waals surface area contributed by atoms with Gasteiger partial charge in [0.15, 0.2) is 0 Å². The molecule has 1 aromatic heterocycles. The van der Waals surface area contributed by atoms with Gasteiger partial charge in [0, 0.05) is 44.0 Å². The van der Waals surface area contributed by atoms with E-state index < -0.39 is 10.0 Å². The molecule has 1 saturated carbocycles. The zero-order chi connectivity index (χ0) is 21.3. The Bertz CT molecular complexity index is 1150. The minimum atomic E-state index is -3.60. The first kappa shape index (κ1) is 20.3. The molecule has 4 rings (SSSR count). The summed E-state index contributed by atoms with van der Waals surface area (Å²) in [6, 6.07) is 14.4.